The number of aromatic nitrogens is 3. The third-order valence-corrected chi connectivity index (χ3v) is 4.99. The number of esters is 1. The van der Waals surface area contributed by atoms with Crippen LogP contribution in [0, 0.1) is 0 Å². The molecule has 0 fully saturated rings. The van der Waals surface area contributed by atoms with Crippen molar-refractivity contribution in [1.29, 1.82) is 0 Å². The zero-order chi connectivity index (χ0) is 23.5. The lowest BCUT2D eigenvalue weighted by atomic mass is 10.1. The highest BCUT2D eigenvalue weighted by Gasteiger charge is 2.17. The first-order valence-electron chi connectivity index (χ1n) is 9.95. The Morgan fingerprint density at radius 1 is 0.727 bits per heavy atom. The molecule has 1 aromatic heterocycles. The van der Waals surface area contributed by atoms with Gasteiger partial charge >= 0.3 is 5.97 Å². The first-order chi connectivity index (χ1) is 15.9. The zero-order valence-electron chi connectivity index (χ0n) is 17.8. The van der Waals surface area contributed by atoms with Crippen LogP contribution >= 0.6 is 0 Å². The highest BCUT2D eigenvalue weighted by Crippen LogP contribution is 2.33. The van der Waals surface area contributed by atoms with E-state index in [0.717, 1.165) is 0 Å². The van der Waals surface area contributed by atoms with Gasteiger partial charge in [0.25, 0.3) is 0 Å². The van der Waals surface area contributed by atoms with Crippen molar-refractivity contribution in [2.45, 2.75) is 6.92 Å². The minimum absolute atomic E-state index is 0.0247. The van der Waals surface area contributed by atoms with Crippen molar-refractivity contribution < 1.29 is 24.5 Å². The molecule has 8 heteroatoms. The van der Waals surface area contributed by atoms with Crippen LogP contribution in [0.25, 0.3) is 34.2 Å². The number of Topliss-reactive ketones (excluding diaryl/α,β-unsaturated/α-hetero) is 1. The van der Waals surface area contributed by atoms with Crippen LogP contribution < -0.4 is 0 Å². The summed E-state index contributed by atoms with van der Waals surface area (Å²) in [7, 11) is 1.30. The summed E-state index contributed by atoms with van der Waals surface area (Å²) in [5.74, 6) is -0.232. The largest absolute Gasteiger partial charge is 0.507 e. The standard InChI is InChI=1S/C25H19N3O5/c1-14(29)17-11-12-21(31)19(13-17)24-27-22(15-7-9-16(10-8-15)25(32)33-2)26-23(28-24)18-5-3-4-6-20(18)30/h3-13,30-31H,1-2H3. The predicted molar refractivity (Wildman–Crippen MR) is 121 cm³/mol. The Hall–Kier alpha value is -4.59. The third-order valence-electron chi connectivity index (χ3n) is 4.99. The van der Waals surface area contributed by atoms with Gasteiger partial charge in [-0.05, 0) is 49.4 Å². The topological polar surface area (TPSA) is 122 Å². The van der Waals surface area contributed by atoms with Crippen molar-refractivity contribution in [2.24, 2.45) is 0 Å². The van der Waals surface area contributed by atoms with Crippen molar-refractivity contribution in [3.05, 3.63) is 77.9 Å². The molecule has 0 spiro atoms. The van der Waals surface area contributed by atoms with E-state index in [-0.39, 0.29) is 40.3 Å². The van der Waals surface area contributed by atoms with Crippen molar-refractivity contribution in [3.63, 3.8) is 0 Å². The van der Waals surface area contributed by atoms with Crippen LogP contribution in [0.4, 0.5) is 0 Å². The molecule has 0 aliphatic rings. The lowest BCUT2D eigenvalue weighted by Crippen LogP contribution is -2.03. The molecule has 1 heterocycles. The maximum atomic E-state index is 11.9. The van der Waals surface area contributed by atoms with Crippen LogP contribution in [0.5, 0.6) is 11.5 Å². The van der Waals surface area contributed by atoms with E-state index >= 15 is 0 Å². The van der Waals surface area contributed by atoms with E-state index in [0.29, 0.717) is 22.3 Å². The third kappa shape index (κ3) is 4.40. The predicted octanol–water partition coefficient (Wildman–Crippen LogP) is 4.27. The molecule has 8 nitrogen and oxygen atoms in total. The van der Waals surface area contributed by atoms with Crippen LogP contribution in [-0.2, 0) is 4.74 Å². The highest BCUT2D eigenvalue weighted by molar-refractivity contribution is 5.95. The fraction of sp³-hybridized carbons (Fsp3) is 0.0800. The van der Waals surface area contributed by atoms with Gasteiger partial charge in [0.1, 0.15) is 11.5 Å². The summed E-state index contributed by atoms with van der Waals surface area (Å²) in [6.45, 7) is 1.42. The molecule has 0 atom stereocenters. The van der Waals surface area contributed by atoms with E-state index in [1.165, 1.54) is 38.3 Å². The lowest BCUT2D eigenvalue weighted by Gasteiger charge is -2.11. The molecule has 3 aromatic carbocycles. The van der Waals surface area contributed by atoms with Crippen molar-refractivity contribution >= 4 is 11.8 Å². The molecule has 33 heavy (non-hydrogen) atoms. The molecular formula is C25H19N3O5. The summed E-state index contributed by atoms with van der Waals surface area (Å²) in [6.07, 6.45) is 0. The lowest BCUT2D eigenvalue weighted by molar-refractivity contribution is 0.0600. The van der Waals surface area contributed by atoms with Gasteiger partial charge in [-0.1, -0.05) is 24.3 Å². The number of para-hydroxylation sites is 1. The van der Waals surface area contributed by atoms with Gasteiger partial charge in [0, 0.05) is 11.1 Å². The molecule has 4 rings (SSSR count). The number of hydrogen-bond donors (Lipinski definition) is 2. The first kappa shape index (κ1) is 21.6. The molecule has 164 valence electrons. The minimum Gasteiger partial charge on any atom is -0.507 e. The molecule has 0 radical (unpaired) electrons. The molecule has 0 amide bonds. The van der Waals surface area contributed by atoms with Gasteiger partial charge in [-0.3, -0.25) is 4.79 Å². The fourth-order valence-electron chi connectivity index (χ4n) is 3.22. The molecule has 0 bridgehead atoms. The van der Waals surface area contributed by atoms with Crippen LogP contribution in [0.2, 0.25) is 0 Å². The van der Waals surface area contributed by atoms with Gasteiger partial charge in [0.2, 0.25) is 0 Å². The molecule has 4 aromatic rings. The van der Waals surface area contributed by atoms with Crippen molar-refractivity contribution in [3.8, 4) is 45.7 Å². The van der Waals surface area contributed by atoms with Crippen LogP contribution in [0.15, 0.2) is 66.7 Å². The monoisotopic (exact) mass is 441 g/mol. The number of carbonyl (C=O) groups is 2. The second-order valence-corrected chi connectivity index (χ2v) is 7.18. The summed E-state index contributed by atoms with van der Waals surface area (Å²) in [4.78, 5) is 37.1. The van der Waals surface area contributed by atoms with E-state index in [1.54, 1.807) is 42.5 Å². The van der Waals surface area contributed by atoms with Crippen LogP contribution in [0.3, 0.4) is 0 Å². The summed E-state index contributed by atoms with van der Waals surface area (Å²) in [5, 5.41) is 20.8. The average molecular weight is 441 g/mol. The highest BCUT2D eigenvalue weighted by atomic mass is 16.5. The van der Waals surface area contributed by atoms with Gasteiger partial charge in [0.05, 0.1) is 23.8 Å². The number of ketones is 1. The zero-order valence-corrected chi connectivity index (χ0v) is 17.8. The first-order valence-corrected chi connectivity index (χ1v) is 9.95. The molecule has 0 aliphatic heterocycles. The number of hydrogen-bond acceptors (Lipinski definition) is 8. The molecule has 2 N–H and O–H groups in total. The minimum atomic E-state index is -0.473. The van der Waals surface area contributed by atoms with Gasteiger partial charge in [0.15, 0.2) is 23.3 Å². The Morgan fingerprint density at radius 2 is 1.30 bits per heavy atom. The fourth-order valence-corrected chi connectivity index (χ4v) is 3.22. The van der Waals surface area contributed by atoms with Gasteiger partial charge < -0.3 is 14.9 Å². The number of carbonyl (C=O) groups excluding carboxylic acids is 2. The number of benzene rings is 3. The Bertz CT molecular complexity index is 1370. The number of methoxy groups -OCH3 is 1. The molecule has 0 aliphatic carbocycles. The smallest absolute Gasteiger partial charge is 0.337 e. The average Bonchev–Trinajstić information content (AvgIpc) is 2.83. The van der Waals surface area contributed by atoms with Gasteiger partial charge in [-0.2, -0.15) is 0 Å². The Labute approximate surface area is 189 Å². The summed E-state index contributed by atoms with van der Waals surface area (Å²) in [6, 6.07) is 17.5. The number of phenols is 2. The number of rotatable bonds is 5. The Balaban J connectivity index is 1.92. The quantitative estimate of drug-likeness (QED) is 0.348. The van der Waals surface area contributed by atoms with Gasteiger partial charge in [-0.15, -0.1) is 0 Å². The van der Waals surface area contributed by atoms with Crippen molar-refractivity contribution in [1.82, 2.24) is 15.0 Å². The maximum absolute atomic E-state index is 11.9. The maximum Gasteiger partial charge on any atom is 0.337 e. The van der Waals surface area contributed by atoms with E-state index in [4.69, 9.17) is 4.74 Å². The summed E-state index contributed by atoms with van der Waals surface area (Å²) in [5.41, 5.74) is 1.94. The molecule has 0 unspecified atom stereocenters. The normalized spacial score (nSPS) is 10.6. The van der Waals surface area contributed by atoms with Crippen LogP contribution in [0.1, 0.15) is 27.6 Å². The van der Waals surface area contributed by atoms with E-state index in [9.17, 15) is 19.8 Å². The van der Waals surface area contributed by atoms with E-state index in [1.807, 2.05) is 0 Å². The van der Waals surface area contributed by atoms with E-state index < -0.39 is 5.97 Å². The number of aromatic hydroxyl groups is 2. The number of phenolic OH excluding ortho intramolecular Hbond substituents is 2. The second-order valence-electron chi connectivity index (χ2n) is 7.18. The molecular weight excluding hydrogens is 422 g/mol. The Morgan fingerprint density at radius 3 is 1.94 bits per heavy atom. The van der Waals surface area contributed by atoms with Crippen molar-refractivity contribution in [2.75, 3.05) is 7.11 Å². The van der Waals surface area contributed by atoms with Gasteiger partial charge in [-0.25, -0.2) is 19.7 Å². The second kappa shape index (κ2) is 8.88. The number of ether oxygens (including phenoxy) is 1. The molecule has 0 saturated heterocycles. The summed E-state index contributed by atoms with van der Waals surface area (Å²) < 4.78 is 4.73. The number of nitrogens with zero attached hydrogens (tertiary/aromatic N) is 3. The summed E-state index contributed by atoms with van der Waals surface area (Å²) >= 11 is 0. The Kier molecular flexibility index (Phi) is 5.82. The van der Waals surface area contributed by atoms with E-state index in [2.05, 4.69) is 15.0 Å². The molecule has 0 saturated carbocycles. The van der Waals surface area contributed by atoms with Crippen LogP contribution in [-0.4, -0.2) is 44.0 Å². The SMILES string of the molecule is COC(=O)c1ccc(-c2nc(-c3ccccc3O)nc(-c3cc(C(C)=O)ccc3O)n2)cc1.